The van der Waals surface area contributed by atoms with E-state index in [4.69, 9.17) is 0 Å². The van der Waals surface area contributed by atoms with Crippen molar-refractivity contribution in [3.8, 4) is 0 Å². The van der Waals surface area contributed by atoms with Crippen molar-refractivity contribution in [2.75, 3.05) is 6.54 Å². The first-order valence-corrected chi connectivity index (χ1v) is 15.1. The normalized spacial score (nSPS) is 12.0. The highest BCUT2D eigenvalue weighted by atomic mass is 79.9. The third-order valence-corrected chi connectivity index (χ3v) is 12.8. The molecule has 0 aromatic heterocycles. The summed E-state index contributed by atoms with van der Waals surface area (Å²) in [6.07, 6.45) is 1.24. The van der Waals surface area contributed by atoms with Crippen LogP contribution in [0.3, 0.4) is 0 Å². The number of hydrogen-bond acceptors (Lipinski definition) is 1. The van der Waals surface area contributed by atoms with E-state index in [1.165, 1.54) is 12.8 Å². The Hall–Kier alpha value is 2.31. The molecule has 0 spiro atoms. The Morgan fingerprint density at radius 3 is 1.82 bits per heavy atom. The van der Waals surface area contributed by atoms with Crippen LogP contribution in [0.15, 0.2) is 0 Å². The van der Waals surface area contributed by atoms with Crippen molar-refractivity contribution in [2.24, 2.45) is 0 Å². The topological polar surface area (TPSA) is 3.24 Å². The molecule has 66 valence electrons. The van der Waals surface area contributed by atoms with Crippen molar-refractivity contribution in [1.82, 2.24) is 4.23 Å². The zero-order valence-electron chi connectivity index (χ0n) is 6.08. The van der Waals surface area contributed by atoms with Crippen LogP contribution < -0.4 is 0 Å². The second-order valence-corrected chi connectivity index (χ2v) is 19.9. The van der Waals surface area contributed by atoms with Crippen LogP contribution in [0, 0.1) is 0 Å². The Bertz CT molecular complexity index is 94.1. The van der Waals surface area contributed by atoms with E-state index in [0.29, 0.717) is 0 Å². The second-order valence-electron chi connectivity index (χ2n) is 1.99. The minimum Gasteiger partial charge on any atom is -0.311 e. The molecule has 0 aliphatic heterocycles. The van der Waals surface area contributed by atoms with E-state index in [1.54, 1.807) is 0 Å². The fourth-order valence-corrected chi connectivity index (χ4v) is 18.8. The van der Waals surface area contributed by atoms with Crippen LogP contribution in [0.25, 0.3) is 0 Å². The molecule has 1 nitrogen and oxygen atoms in total. The smallest absolute Gasteiger partial charge is 0.295 e. The summed E-state index contributed by atoms with van der Waals surface area (Å²) in [5.74, 6) is 0. The van der Waals surface area contributed by atoms with Gasteiger partial charge in [-0.15, -0.1) is 0 Å². The van der Waals surface area contributed by atoms with Gasteiger partial charge < -0.3 is 4.23 Å². The van der Waals surface area contributed by atoms with Crippen molar-refractivity contribution in [2.45, 2.75) is 19.8 Å². The van der Waals surface area contributed by atoms with Crippen molar-refractivity contribution < 1.29 is 0 Å². The fraction of sp³-hybridized carbons (Fsp3) is 1.00. The molecule has 0 bridgehead atoms. The van der Waals surface area contributed by atoms with Gasteiger partial charge in [0.1, 0.15) is 0 Å². The SMILES string of the molecule is CCCCN([Si](Br)Br)[Si](Br)Br. The summed E-state index contributed by atoms with van der Waals surface area (Å²) in [5, 5.41) is 0. The number of nitrogens with zero attached hydrogens (tertiary/aromatic N) is 1. The predicted molar refractivity (Wildman–Crippen MR) is 68.8 cm³/mol. The van der Waals surface area contributed by atoms with E-state index in [-0.39, 0.29) is 0 Å². The van der Waals surface area contributed by atoms with E-state index in [2.05, 4.69) is 72.3 Å². The van der Waals surface area contributed by atoms with Gasteiger partial charge in [0.15, 0.2) is 0 Å². The Morgan fingerprint density at radius 1 is 1.09 bits per heavy atom. The van der Waals surface area contributed by atoms with Crippen molar-refractivity contribution >= 4 is 73.6 Å². The van der Waals surface area contributed by atoms with Gasteiger partial charge in [0, 0.05) is 0 Å². The highest BCUT2D eigenvalue weighted by Crippen LogP contribution is 2.18. The maximum Gasteiger partial charge on any atom is 0.295 e. The van der Waals surface area contributed by atoms with Gasteiger partial charge in [-0.25, -0.2) is 0 Å². The van der Waals surface area contributed by atoms with E-state index in [0.717, 1.165) is 6.54 Å². The molecule has 0 amide bonds. The van der Waals surface area contributed by atoms with E-state index in [9.17, 15) is 0 Å². The summed E-state index contributed by atoms with van der Waals surface area (Å²) >= 11 is 14.3. The predicted octanol–water partition coefficient (Wildman–Crippen LogP) is 3.64. The molecule has 7 heteroatoms. The van der Waals surface area contributed by atoms with E-state index >= 15 is 0 Å². The lowest BCUT2D eigenvalue weighted by atomic mass is 10.3. The van der Waals surface area contributed by atoms with Crippen LogP contribution in [-0.2, 0) is 0 Å². The maximum atomic E-state index is 3.58. The van der Waals surface area contributed by atoms with Crippen molar-refractivity contribution in [1.29, 1.82) is 0 Å². The highest BCUT2D eigenvalue weighted by molar-refractivity contribution is 9.51. The quantitative estimate of drug-likeness (QED) is 0.460. The number of unbranched alkanes of at least 4 members (excludes halogenated alkanes) is 1. The second kappa shape index (κ2) is 7.69. The first-order valence-electron chi connectivity index (χ1n) is 3.23. The van der Waals surface area contributed by atoms with Gasteiger partial charge in [-0.05, 0) is 13.0 Å². The minimum atomic E-state index is -0.635. The molecular weight excluding hydrogens is 438 g/mol. The van der Waals surface area contributed by atoms with Crippen molar-refractivity contribution in [3.63, 3.8) is 0 Å². The highest BCUT2D eigenvalue weighted by Gasteiger charge is 2.22. The standard InChI is InChI=1S/C4H9Br4NSi2/c1-2-3-4-9(10(5)6)11(7)8/h2-4H2,1H3. The van der Waals surface area contributed by atoms with E-state index in [1.807, 2.05) is 0 Å². The molecule has 0 N–H and O–H groups in total. The molecule has 0 aliphatic rings. The summed E-state index contributed by atoms with van der Waals surface area (Å²) in [4.78, 5) is 0. The summed E-state index contributed by atoms with van der Waals surface area (Å²) < 4.78 is 2.42. The number of halogens is 4. The molecule has 0 rings (SSSR count). The van der Waals surface area contributed by atoms with Gasteiger partial charge in [0.2, 0.25) is 0 Å². The average molecular weight is 447 g/mol. The number of rotatable bonds is 5. The van der Waals surface area contributed by atoms with Gasteiger partial charge in [-0.3, -0.25) is 0 Å². The van der Waals surface area contributed by atoms with Gasteiger partial charge >= 0.3 is 0 Å². The summed E-state index contributed by atoms with van der Waals surface area (Å²) in [6.45, 7) is 3.37. The molecule has 0 atom stereocenters. The van der Waals surface area contributed by atoms with Gasteiger partial charge in [0.05, 0.1) is 0 Å². The van der Waals surface area contributed by atoms with Crippen LogP contribution in [0.2, 0.25) is 0 Å². The molecular formula is C4H9Br4NSi2. The van der Waals surface area contributed by atoms with E-state index < -0.39 is 12.4 Å². The summed E-state index contributed by atoms with van der Waals surface area (Å²) in [6, 6.07) is 0. The Kier molecular flexibility index (Phi) is 9.31. The molecule has 0 aliphatic carbocycles. The maximum absolute atomic E-state index is 3.58. The minimum absolute atomic E-state index is 0.635. The molecule has 11 heavy (non-hydrogen) atoms. The lowest BCUT2D eigenvalue weighted by Gasteiger charge is -2.22. The molecule has 0 saturated heterocycles. The lowest BCUT2D eigenvalue weighted by Crippen LogP contribution is -2.37. The van der Waals surface area contributed by atoms with Gasteiger partial charge in [0.25, 0.3) is 12.4 Å². The zero-order chi connectivity index (χ0) is 8.85. The van der Waals surface area contributed by atoms with Crippen LogP contribution in [0.5, 0.6) is 0 Å². The lowest BCUT2D eigenvalue weighted by molar-refractivity contribution is 0.627. The average Bonchev–Trinajstić information content (AvgIpc) is 1.87. The first-order chi connectivity index (χ1) is 5.09. The Balaban J connectivity index is 3.70. The van der Waals surface area contributed by atoms with Crippen LogP contribution in [-0.4, -0.2) is 23.2 Å². The van der Waals surface area contributed by atoms with Crippen LogP contribution in [0.1, 0.15) is 19.8 Å². The third kappa shape index (κ3) is 6.39. The Labute approximate surface area is 103 Å². The third-order valence-electron chi connectivity index (χ3n) is 1.14. The van der Waals surface area contributed by atoms with Gasteiger partial charge in [-0.1, -0.05) is 74.5 Å². The molecule has 0 aromatic rings. The summed E-state index contributed by atoms with van der Waals surface area (Å²) in [5.41, 5.74) is 0. The molecule has 0 aromatic carbocycles. The van der Waals surface area contributed by atoms with Crippen molar-refractivity contribution in [3.05, 3.63) is 0 Å². The van der Waals surface area contributed by atoms with Crippen LogP contribution >= 0.6 is 61.2 Å². The molecule has 0 saturated carbocycles. The largest absolute Gasteiger partial charge is 0.311 e. The fourth-order valence-electron chi connectivity index (χ4n) is 0.549. The van der Waals surface area contributed by atoms with Gasteiger partial charge in [-0.2, -0.15) is 0 Å². The number of hydrogen-bond donors (Lipinski definition) is 0. The molecule has 2 radical (unpaired) electrons. The first kappa shape index (κ1) is 13.3. The molecule has 0 unspecified atom stereocenters. The van der Waals surface area contributed by atoms with Crippen LogP contribution in [0.4, 0.5) is 0 Å². The molecule has 0 fully saturated rings. The Morgan fingerprint density at radius 2 is 1.55 bits per heavy atom. The molecule has 0 heterocycles. The zero-order valence-corrected chi connectivity index (χ0v) is 14.4. The monoisotopic (exact) mass is 443 g/mol. The summed E-state index contributed by atoms with van der Waals surface area (Å²) in [7, 11) is 0.